The predicted molar refractivity (Wildman–Crippen MR) is 131 cm³/mol. The Labute approximate surface area is 198 Å². The summed E-state index contributed by atoms with van der Waals surface area (Å²) in [7, 11) is -3.48. The molecular formula is C25H38N4O3S. The summed E-state index contributed by atoms with van der Waals surface area (Å²) in [6.07, 6.45) is 9.54. The number of benzene rings is 1. The first-order chi connectivity index (χ1) is 15.9. The molecule has 2 fully saturated rings. The highest BCUT2D eigenvalue weighted by Crippen LogP contribution is 2.26. The van der Waals surface area contributed by atoms with Crippen LogP contribution in [-0.4, -0.2) is 47.3 Å². The summed E-state index contributed by atoms with van der Waals surface area (Å²) < 4.78 is 29.8. The van der Waals surface area contributed by atoms with E-state index in [0.717, 1.165) is 50.0 Å². The SMILES string of the molecule is CCCCn1c(CCC(=O)NC2CCCCC2C)nc2cc(S(=O)(=O)N3CCCC3)ccc21. The molecule has 2 unspecified atom stereocenters. The average Bonchev–Trinajstić information content (AvgIpc) is 3.46. The van der Waals surface area contributed by atoms with Gasteiger partial charge in [0.05, 0.1) is 15.9 Å². The fourth-order valence-corrected chi connectivity index (χ4v) is 6.73. The van der Waals surface area contributed by atoms with E-state index in [1.165, 1.54) is 19.3 Å². The van der Waals surface area contributed by atoms with Crippen LogP contribution in [0.5, 0.6) is 0 Å². The van der Waals surface area contributed by atoms with Gasteiger partial charge < -0.3 is 9.88 Å². The van der Waals surface area contributed by atoms with E-state index in [1.807, 2.05) is 6.07 Å². The molecule has 2 aliphatic rings. The lowest BCUT2D eigenvalue weighted by Crippen LogP contribution is -2.41. The van der Waals surface area contributed by atoms with E-state index >= 15 is 0 Å². The van der Waals surface area contributed by atoms with Gasteiger partial charge in [-0.2, -0.15) is 4.31 Å². The standard InChI is InChI=1S/C25H38N4O3S/c1-3-4-17-29-23-12-11-20(33(31,32)28-15-7-8-16-28)18-22(23)26-24(29)13-14-25(30)27-21-10-6-5-9-19(21)2/h11-12,18-19,21H,3-10,13-17H2,1-2H3,(H,27,30). The van der Waals surface area contributed by atoms with Gasteiger partial charge >= 0.3 is 0 Å². The number of aromatic nitrogens is 2. The summed E-state index contributed by atoms with van der Waals surface area (Å²) in [4.78, 5) is 17.8. The molecule has 1 aliphatic carbocycles. The van der Waals surface area contributed by atoms with E-state index in [9.17, 15) is 13.2 Å². The van der Waals surface area contributed by atoms with Gasteiger partial charge in [-0.1, -0.05) is 33.1 Å². The maximum absolute atomic E-state index is 13.0. The number of unbranched alkanes of at least 4 members (excludes halogenated alkanes) is 1. The lowest BCUT2D eigenvalue weighted by atomic mass is 9.86. The van der Waals surface area contributed by atoms with E-state index in [0.29, 0.717) is 42.3 Å². The van der Waals surface area contributed by atoms with Gasteiger partial charge in [0.1, 0.15) is 5.82 Å². The first-order valence-electron chi connectivity index (χ1n) is 12.7. The molecule has 4 rings (SSSR count). The Morgan fingerprint density at radius 2 is 1.91 bits per heavy atom. The Morgan fingerprint density at radius 1 is 1.15 bits per heavy atom. The zero-order valence-electron chi connectivity index (χ0n) is 20.1. The molecular weight excluding hydrogens is 436 g/mol. The number of sulfonamides is 1. The smallest absolute Gasteiger partial charge is 0.243 e. The van der Waals surface area contributed by atoms with Gasteiger partial charge in [-0.25, -0.2) is 13.4 Å². The number of hydrogen-bond acceptors (Lipinski definition) is 4. The van der Waals surface area contributed by atoms with Crippen LogP contribution in [0.2, 0.25) is 0 Å². The lowest BCUT2D eigenvalue weighted by molar-refractivity contribution is -0.122. The molecule has 0 spiro atoms. The molecule has 2 heterocycles. The van der Waals surface area contributed by atoms with E-state index in [1.54, 1.807) is 16.4 Å². The van der Waals surface area contributed by atoms with Crippen LogP contribution in [0.25, 0.3) is 11.0 Å². The topological polar surface area (TPSA) is 84.3 Å². The molecule has 2 atom stereocenters. The number of carbonyl (C=O) groups is 1. The molecule has 1 saturated heterocycles. The van der Waals surface area contributed by atoms with Gasteiger partial charge in [-0.3, -0.25) is 4.79 Å². The van der Waals surface area contributed by atoms with Gasteiger partial charge in [0.25, 0.3) is 0 Å². The van der Waals surface area contributed by atoms with Crippen molar-refractivity contribution >= 4 is 27.0 Å². The molecule has 1 aromatic carbocycles. The quantitative estimate of drug-likeness (QED) is 0.589. The van der Waals surface area contributed by atoms with Gasteiger partial charge in [0, 0.05) is 38.5 Å². The molecule has 8 heteroatoms. The second-order valence-corrected chi connectivity index (χ2v) is 11.7. The molecule has 0 radical (unpaired) electrons. The molecule has 7 nitrogen and oxygen atoms in total. The third-order valence-corrected chi connectivity index (χ3v) is 9.17. The Hall–Kier alpha value is -1.93. The monoisotopic (exact) mass is 474 g/mol. The van der Waals surface area contributed by atoms with E-state index < -0.39 is 10.0 Å². The number of aryl methyl sites for hydroxylation is 2. The lowest BCUT2D eigenvalue weighted by Gasteiger charge is -2.29. The number of hydrogen-bond donors (Lipinski definition) is 1. The fourth-order valence-electron chi connectivity index (χ4n) is 5.19. The second-order valence-electron chi connectivity index (χ2n) is 9.73. The molecule has 1 aromatic heterocycles. The maximum atomic E-state index is 13.0. The largest absolute Gasteiger partial charge is 0.353 e. The number of fused-ring (bicyclic) bond motifs is 1. The summed E-state index contributed by atoms with van der Waals surface area (Å²) in [5.74, 6) is 1.48. The van der Waals surface area contributed by atoms with Crippen molar-refractivity contribution < 1.29 is 13.2 Å². The van der Waals surface area contributed by atoms with Crippen molar-refractivity contribution in [1.82, 2.24) is 19.2 Å². The fraction of sp³-hybridized carbons (Fsp3) is 0.680. The predicted octanol–water partition coefficient (Wildman–Crippen LogP) is 4.25. The third-order valence-electron chi connectivity index (χ3n) is 7.27. The first kappa shape index (κ1) is 24.2. The molecule has 1 amide bonds. The molecule has 1 N–H and O–H groups in total. The van der Waals surface area contributed by atoms with Gasteiger partial charge in [-0.15, -0.1) is 0 Å². The van der Waals surface area contributed by atoms with Gasteiger partial charge in [0.2, 0.25) is 15.9 Å². The van der Waals surface area contributed by atoms with Crippen LogP contribution in [0.15, 0.2) is 23.1 Å². The molecule has 182 valence electrons. The Kier molecular flexibility index (Phi) is 7.74. The van der Waals surface area contributed by atoms with Crippen molar-refractivity contribution in [3.05, 3.63) is 24.0 Å². The van der Waals surface area contributed by atoms with Crippen LogP contribution < -0.4 is 5.32 Å². The van der Waals surface area contributed by atoms with Crippen molar-refractivity contribution in [2.75, 3.05) is 13.1 Å². The molecule has 0 bridgehead atoms. The normalized spacial score (nSPS) is 22.1. The average molecular weight is 475 g/mol. The summed E-state index contributed by atoms with van der Waals surface area (Å²) in [6.45, 7) is 6.37. The number of nitrogens with one attached hydrogen (secondary N) is 1. The molecule has 1 saturated carbocycles. The van der Waals surface area contributed by atoms with Crippen molar-refractivity contribution in [2.45, 2.75) is 95.5 Å². The number of carbonyl (C=O) groups excluding carboxylic acids is 1. The molecule has 33 heavy (non-hydrogen) atoms. The number of amides is 1. The van der Waals surface area contributed by atoms with E-state index in [4.69, 9.17) is 4.98 Å². The van der Waals surface area contributed by atoms with Crippen LogP contribution >= 0.6 is 0 Å². The minimum atomic E-state index is -3.48. The third kappa shape index (κ3) is 5.43. The second kappa shape index (κ2) is 10.6. The zero-order chi connectivity index (χ0) is 23.4. The van der Waals surface area contributed by atoms with Crippen LogP contribution in [0.1, 0.15) is 77.5 Å². The van der Waals surface area contributed by atoms with Gasteiger partial charge in [-0.05, 0) is 56.2 Å². The Balaban J connectivity index is 1.52. The number of imidazole rings is 1. The Bertz CT molecular complexity index is 1070. The summed E-state index contributed by atoms with van der Waals surface area (Å²) in [5, 5.41) is 3.23. The van der Waals surface area contributed by atoms with Crippen LogP contribution in [-0.2, 0) is 27.8 Å². The minimum Gasteiger partial charge on any atom is -0.353 e. The first-order valence-corrected chi connectivity index (χ1v) is 14.1. The van der Waals surface area contributed by atoms with Crippen molar-refractivity contribution in [3.8, 4) is 0 Å². The van der Waals surface area contributed by atoms with Gasteiger partial charge in [0.15, 0.2) is 0 Å². The zero-order valence-corrected chi connectivity index (χ0v) is 20.9. The molecule has 1 aliphatic heterocycles. The number of nitrogens with zero attached hydrogens (tertiary/aromatic N) is 3. The van der Waals surface area contributed by atoms with Crippen LogP contribution in [0, 0.1) is 5.92 Å². The Morgan fingerprint density at radius 3 is 2.64 bits per heavy atom. The van der Waals surface area contributed by atoms with Crippen molar-refractivity contribution in [3.63, 3.8) is 0 Å². The highest BCUT2D eigenvalue weighted by molar-refractivity contribution is 7.89. The van der Waals surface area contributed by atoms with E-state index in [2.05, 4.69) is 23.7 Å². The summed E-state index contributed by atoms with van der Waals surface area (Å²) in [6, 6.07) is 5.58. The maximum Gasteiger partial charge on any atom is 0.243 e. The summed E-state index contributed by atoms with van der Waals surface area (Å²) in [5.41, 5.74) is 1.64. The highest BCUT2D eigenvalue weighted by atomic mass is 32.2. The van der Waals surface area contributed by atoms with Crippen LogP contribution in [0.4, 0.5) is 0 Å². The highest BCUT2D eigenvalue weighted by Gasteiger charge is 2.28. The van der Waals surface area contributed by atoms with Crippen molar-refractivity contribution in [1.29, 1.82) is 0 Å². The van der Waals surface area contributed by atoms with E-state index in [-0.39, 0.29) is 11.9 Å². The summed E-state index contributed by atoms with van der Waals surface area (Å²) >= 11 is 0. The number of rotatable bonds is 9. The molecule has 2 aromatic rings. The van der Waals surface area contributed by atoms with Crippen molar-refractivity contribution in [2.24, 2.45) is 5.92 Å². The minimum absolute atomic E-state index is 0.0835. The van der Waals surface area contributed by atoms with Crippen LogP contribution in [0.3, 0.4) is 0 Å².